The minimum absolute atomic E-state index is 0.0617. The molecule has 2 aromatic rings. The predicted octanol–water partition coefficient (Wildman–Crippen LogP) is 3.54. The summed E-state index contributed by atoms with van der Waals surface area (Å²) in [5.41, 5.74) is 6.93. The van der Waals surface area contributed by atoms with Crippen molar-refractivity contribution in [2.45, 2.75) is 26.2 Å². The van der Waals surface area contributed by atoms with Gasteiger partial charge in [0, 0.05) is 11.6 Å². The largest absolute Gasteiger partial charge is 0.367 e. The number of nitrogens with zero attached hydrogens (tertiary/aromatic N) is 1. The van der Waals surface area contributed by atoms with Crippen LogP contribution in [0.2, 0.25) is 0 Å². The van der Waals surface area contributed by atoms with Crippen molar-refractivity contribution >= 4 is 5.88 Å². The Hall–Kier alpha value is -1.91. The Morgan fingerprint density at radius 2 is 2.11 bits per heavy atom. The van der Waals surface area contributed by atoms with Gasteiger partial charge in [0.1, 0.15) is 11.6 Å². The molecule has 0 aliphatic rings. The van der Waals surface area contributed by atoms with E-state index in [-0.39, 0.29) is 11.4 Å². The van der Waals surface area contributed by atoms with Gasteiger partial charge >= 0.3 is 0 Å². The number of unbranched alkanes of at least 4 members (excludes halogenated alkanes) is 1. The molecule has 96 valence electrons. The van der Waals surface area contributed by atoms with E-state index in [2.05, 4.69) is 5.16 Å². The summed E-state index contributed by atoms with van der Waals surface area (Å²) < 4.78 is 31.5. The van der Waals surface area contributed by atoms with Crippen LogP contribution in [-0.4, -0.2) is 5.16 Å². The molecule has 3 nitrogen and oxygen atoms in total. The van der Waals surface area contributed by atoms with Crippen molar-refractivity contribution in [2.75, 3.05) is 5.73 Å². The lowest BCUT2D eigenvalue weighted by Crippen LogP contribution is -1.94. The molecule has 0 bridgehead atoms. The molecule has 18 heavy (non-hydrogen) atoms. The number of halogens is 2. The van der Waals surface area contributed by atoms with E-state index in [1.54, 1.807) is 0 Å². The van der Waals surface area contributed by atoms with Crippen LogP contribution in [0.4, 0.5) is 14.7 Å². The van der Waals surface area contributed by atoms with E-state index in [9.17, 15) is 8.78 Å². The Morgan fingerprint density at radius 3 is 2.78 bits per heavy atom. The van der Waals surface area contributed by atoms with E-state index in [0.717, 1.165) is 18.9 Å². The van der Waals surface area contributed by atoms with Crippen molar-refractivity contribution in [3.05, 3.63) is 35.5 Å². The van der Waals surface area contributed by atoms with Crippen molar-refractivity contribution in [1.82, 2.24) is 5.16 Å². The molecule has 0 saturated heterocycles. The zero-order valence-electron chi connectivity index (χ0n) is 10.0. The number of rotatable bonds is 4. The number of hydrogen-bond donors (Lipinski definition) is 1. The van der Waals surface area contributed by atoms with Crippen LogP contribution in [0.3, 0.4) is 0 Å². The Morgan fingerprint density at radius 1 is 1.33 bits per heavy atom. The maximum absolute atomic E-state index is 13.7. The summed E-state index contributed by atoms with van der Waals surface area (Å²) in [6, 6.07) is 3.36. The SMILES string of the molecule is CCCCc1noc(N)c1-c1ccc(F)cc1F. The van der Waals surface area contributed by atoms with Crippen LogP contribution >= 0.6 is 0 Å². The Labute approximate surface area is 104 Å². The maximum Gasteiger partial charge on any atom is 0.230 e. The van der Waals surface area contributed by atoms with Gasteiger partial charge in [-0.3, -0.25) is 0 Å². The van der Waals surface area contributed by atoms with Gasteiger partial charge in [-0.25, -0.2) is 8.78 Å². The van der Waals surface area contributed by atoms with E-state index in [0.29, 0.717) is 17.7 Å². The maximum atomic E-state index is 13.7. The van der Waals surface area contributed by atoms with Crippen molar-refractivity contribution < 1.29 is 13.3 Å². The molecule has 0 aliphatic heterocycles. The Kier molecular flexibility index (Phi) is 3.60. The highest BCUT2D eigenvalue weighted by Crippen LogP contribution is 2.32. The predicted molar refractivity (Wildman–Crippen MR) is 64.9 cm³/mol. The second-order valence-corrected chi connectivity index (χ2v) is 4.10. The number of aryl methyl sites for hydroxylation is 1. The highest BCUT2D eigenvalue weighted by molar-refractivity contribution is 5.75. The molecule has 0 unspecified atom stereocenters. The molecule has 0 saturated carbocycles. The van der Waals surface area contributed by atoms with Gasteiger partial charge in [0.05, 0.1) is 11.3 Å². The molecule has 1 aromatic heterocycles. The molecule has 0 atom stereocenters. The van der Waals surface area contributed by atoms with Crippen LogP contribution < -0.4 is 5.73 Å². The molecule has 0 fully saturated rings. The number of aromatic nitrogens is 1. The highest BCUT2D eigenvalue weighted by Gasteiger charge is 2.18. The molecule has 0 amide bonds. The summed E-state index contributed by atoms with van der Waals surface area (Å²) in [6.45, 7) is 2.04. The first-order chi connectivity index (χ1) is 8.63. The van der Waals surface area contributed by atoms with E-state index in [1.165, 1.54) is 12.1 Å². The third kappa shape index (κ3) is 2.34. The zero-order valence-corrected chi connectivity index (χ0v) is 10.0. The second kappa shape index (κ2) is 5.16. The van der Waals surface area contributed by atoms with Crippen LogP contribution in [0.1, 0.15) is 25.5 Å². The van der Waals surface area contributed by atoms with Crippen LogP contribution in [0, 0.1) is 11.6 Å². The molecule has 2 rings (SSSR count). The van der Waals surface area contributed by atoms with Gasteiger partial charge in [0.25, 0.3) is 0 Å². The molecule has 0 radical (unpaired) electrons. The summed E-state index contributed by atoms with van der Waals surface area (Å²) in [6.07, 6.45) is 2.54. The first-order valence-electron chi connectivity index (χ1n) is 5.83. The van der Waals surface area contributed by atoms with Crippen molar-refractivity contribution in [3.63, 3.8) is 0 Å². The second-order valence-electron chi connectivity index (χ2n) is 4.10. The fourth-order valence-electron chi connectivity index (χ4n) is 1.83. The van der Waals surface area contributed by atoms with Crippen LogP contribution in [0.15, 0.2) is 22.7 Å². The standard InChI is InChI=1S/C13H14F2N2O/c1-2-3-4-11-12(13(16)18-17-11)9-6-5-8(14)7-10(9)15/h5-7H,2-4,16H2,1H3. The van der Waals surface area contributed by atoms with E-state index < -0.39 is 11.6 Å². The molecule has 0 spiro atoms. The molecule has 0 aliphatic carbocycles. The normalized spacial score (nSPS) is 10.8. The van der Waals surface area contributed by atoms with Gasteiger partial charge in [0.15, 0.2) is 0 Å². The van der Waals surface area contributed by atoms with Gasteiger partial charge in [-0.05, 0) is 25.0 Å². The number of benzene rings is 1. The molecule has 5 heteroatoms. The first kappa shape index (κ1) is 12.5. The lowest BCUT2D eigenvalue weighted by Gasteiger charge is -2.03. The fraction of sp³-hybridized carbons (Fsp3) is 0.308. The van der Waals surface area contributed by atoms with E-state index in [4.69, 9.17) is 10.3 Å². The smallest absolute Gasteiger partial charge is 0.230 e. The lowest BCUT2D eigenvalue weighted by atomic mass is 10.0. The van der Waals surface area contributed by atoms with Crippen LogP contribution in [-0.2, 0) is 6.42 Å². The molecular weight excluding hydrogens is 238 g/mol. The van der Waals surface area contributed by atoms with E-state index in [1.807, 2.05) is 6.92 Å². The average Bonchev–Trinajstić information content (AvgIpc) is 2.68. The number of anilines is 1. The number of nitrogen functional groups attached to an aromatic ring is 1. The lowest BCUT2D eigenvalue weighted by molar-refractivity contribution is 0.426. The summed E-state index contributed by atoms with van der Waals surface area (Å²) in [4.78, 5) is 0. The van der Waals surface area contributed by atoms with Crippen molar-refractivity contribution in [2.24, 2.45) is 0 Å². The van der Waals surface area contributed by atoms with Gasteiger partial charge in [0.2, 0.25) is 5.88 Å². The first-order valence-corrected chi connectivity index (χ1v) is 5.83. The number of nitrogens with two attached hydrogens (primary N) is 1. The monoisotopic (exact) mass is 252 g/mol. The van der Waals surface area contributed by atoms with E-state index >= 15 is 0 Å². The summed E-state index contributed by atoms with van der Waals surface area (Å²) in [5.74, 6) is -1.23. The molecule has 1 aromatic carbocycles. The summed E-state index contributed by atoms with van der Waals surface area (Å²) in [5, 5.41) is 3.83. The third-order valence-electron chi connectivity index (χ3n) is 2.76. The van der Waals surface area contributed by atoms with Gasteiger partial charge < -0.3 is 10.3 Å². The van der Waals surface area contributed by atoms with Gasteiger partial charge in [-0.2, -0.15) is 0 Å². The molecule has 1 heterocycles. The van der Waals surface area contributed by atoms with Crippen molar-refractivity contribution in [3.8, 4) is 11.1 Å². The Bertz CT molecular complexity index is 552. The minimum Gasteiger partial charge on any atom is -0.367 e. The Balaban J connectivity index is 2.45. The van der Waals surface area contributed by atoms with Crippen LogP contribution in [0.25, 0.3) is 11.1 Å². The highest BCUT2D eigenvalue weighted by atomic mass is 19.1. The van der Waals surface area contributed by atoms with Crippen molar-refractivity contribution in [1.29, 1.82) is 0 Å². The molecular formula is C13H14F2N2O. The average molecular weight is 252 g/mol. The topological polar surface area (TPSA) is 52.0 Å². The van der Waals surface area contributed by atoms with Gasteiger partial charge in [-0.1, -0.05) is 18.5 Å². The zero-order chi connectivity index (χ0) is 13.1. The number of hydrogen-bond acceptors (Lipinski definition) is 3. The fourth-order valence-corrected chi connectivity index (χ4v) is 1.83. The molecule has 2 N–H and O–H groups in total. The summed E-state index contributed by atoms with van der Waals surface area (Å²) >= 11 is 0. The summed E-state index contributed by atoms with van der Waals surface area (Å²) in [7, 11) is 0. The minimum atomic E-state index is -0.664. The quantitative estimate of drug-likeness (QED) is 0.905. The third-order valence-corrected chi connectivity index (χ3v) is 2.76. The van der Waals surface area contributed by atoms with Gasteiger partial charge in [-0.15, -0.1) is 0 Å². The van der Waals surface area contributed by atoms with Crippen LogP contribution in [0.5, 0.6) is 0 Å².